The van der Waals surface area contributed by atoms with Crippen molar-refractivity contribution in [3.8, 4) is 0 Å². The fraction of sp³-hybridized carbons (Fsp3) is 0.600. The Hall–Kier alpha value is -0.940. The Labute approximate surface area is 121 Å². The van der Waals surface area contributed by atoms with Crippen LogP contribution < -0.4 is 4.72 Å². The van der Waals surface area contributed by atoms with Gasteiger partial charge in [-0.25, -0.2) is 17.5 Å². The highest BCUT2D eigenvalue weighted by Gasteiger charge is 2.17. The normalized spacial score (nSPS) is 12.0. The molecule has 0 heterocycles. The second-order valence-corrected chi connectivity index (χ2v) is 7.16. The Morgan fingerprint density at radius 2 is 1.75 bits per heavy atom. The van der Waals surface area contributed by atoms with E-state index in [9.17, 15) is 12.8 Å². The van der Waals surface area contributed by atoms with Gasteiger partial charge in [-0.15, -0.1) is 0 Å². The highest BCUT2D eigenvalue weighted by atomic mass is 32.2. The summed E-state index contributed by atoms with van der Waals surface area (Å²) in [4.78, 5) is -0.278. The van der Waals surface area contributed by atoms with Crippen LogP contribution in [-0.2, 0) is 10.0 Å². The lowest BCUT2D eigenvalue weighted by Crippen LogP contribution is -2.25. The van der Waals surface area contributed by atoms with Crippen molar-refractivity contribution in [1.82, 2.24) is 4.72 Å². The Balaban J connectivity index is 2.29. The van der Waals surface area contributed by atoms with Crippen molar-refractivity contribution in [2.24, 2.45) is 5.92 Å². The van der Waals surface area contributed by atoms with Gasteiger partial charge in [0.1, 0.15) is 10.7 Å². The van der Waals surface area contributed by atoms with E-state index in [0.717, 1.165) is 31.2 Å². The lowest BCUT2D eigenvalue weighted by Gasteiger charge is -2.08. The summed E-state index contributed by atoms with van der Waals surface area (Å²) in [5.41, 5.74) is 0. The Morgan fingerprint density at radius 3 is 2.40 bits per heavy atom. The van der Waals surface area contributed by atoms with Crippen LogP contribution in [0.4, 0.5) is 4.39 Å². The summed E-state index contributed by atoms with van der Waals surface area (Å²) >= 11 is 0. The SMILES string of the molecule is CC(C)CCCCCCNS(=O)(=O)c1ccccc1F. The van der Waals surface area contributed by atoms with Crippen LogP contribution in [-0.4, -0.2) is 15.0 Å². The molecule has 1 N–H and O–H groups in total. The molecule has 0 saturated heterocycles. The molecule has 0 amide bonds. The van der Waals surface area contributed by atoms with Crippen LogP contribution in [0, 0.1) is 11.7 Å². The molecule has 0 atom stereocenters. The molecule has 0 fully saturated rings. The molecule has 0 aliphatic carbocycles. The number of sulfonamides is 1. The van der Waals surface area contributed by atoms with E-state index in [1.54, 1.807) is 0 Å². The molecule has 0 aliphatic rings. The first-order chi connectivity index (χ1) is 9.43. The smallest absolute Gasteiger partial charge is 0.211 e. The molecular weight excluding hydrogens is 277 g/mol. The van der Waals surface area contributed by atoms with E-state index >= 15 is 0 Å². The minimum atomic E-state index is -3.72. The van der Waals surface area contributed by atoms with Gasteiger partial charge >= 0.3 is 0 Å². The van der Waals surface area contributed by atoms with Gasteiger partial charge in [0.25, 0.3) is 0 Å². The second-order valence-electron chi connectivity index (χ2n) is 5.42. The second kappa shape index (κ2) is 8.37. The number of rotatable bonds is 9. The van der Waals surface area contributed by atoms with Gasteiger partial charge in [-0.05, 0) is 24.5 Å². The summed E-state index contributed by atoms with van der Waals surface area (Å²) in [6.45, 7) is 4.75. The molecule has 0 unspecified atom stereocenters. The lowest BCUT2D eigenvalue weighted by atomic mass is 10.0. The van der Waals surface area contributed by atoms with Crippen LogP contribution in [0.5, 0.6) is 0 Å². The Kier molecular flexibility index (Phi) is 7.16. The monoisotopic (exact) mass is 301 g/mol. The summed E-state index contributed by atoms with van der Waals surface area (Å²) < 4.78 is 39.6. The third-order valence-electron chi connectivity index (χ3n) is 3.13. The third-order valence-corrected chi connectivity index (χ3v) is 4.62. The number of nitrogens with one attached hydrogen (secondary N) is 1. The summed E-state index contributed by atoms with van der Waals surface area (Å²) in [7, 11) is -3.72. The van der Waals surface area contributed by atoms with Gasteiger partial charge in [0.05, 0.1) is 0 Å². The van der Waals surface area contributed by atoms with Gasteiger partial charge in [-0.1, -0.05) is 51.7 Å². The Bertz CT molecular complexity index is 500. The molecule has 0 aliphatic heterocycles. The number of hydrogen-bond acceptors (Lipinski definition) is 2. The molecule has 0 spiro atoms. The summed E-state index contributed by atoms with van der Waals surface area (Å²) in [6.07, 6.45) is 5.27. The van der Waals surface area contributed by atoms with E-state index in [-0.39, 0.29) is 4.90 Å². The lowest BCUT2D eigenvalue weighted by molar-refractivity contribution is 0.516. The van der Waals surface area contributed by atoms with Crippen LogP contribution in [0.25, 0.3) is 0 Å². The molecule has 0 saturated carbocycles. The molecule has 3 nitrogen and oxygen atoms in total. The van der Waals surface area contributed by atoms with Crippen LogP contribution in [0.1, 0.15) is 46.0 Å². The van der Waals surface area contributed by atoms with Crippen molar-refractivity contribution in [3.63, 3.8) is 0 Å². The average Bonchev–Trinajstić information content (AvgIpc) is 2.37. The minimum absolute atomic E-state index is 0.278. The molecular formula is C15H24FNO2S. The predicted octanol–water partition coefficient (Wildman–Crippen LogP) is 3.71. The quantitative estimate of drug-likeness (QED) is 0.707. The maximum Gasteiger partial charge on any atom is 0.243 e. The Morgan fingerprint density at radius 1 is 1.10 bits per heavy atom. The molecule has 0 aromatic heterocycles. The van der Waals surface area contributed by atoms with Gasteiger partial charge < -0.3 is 0 Å². The van der Waals surface area contributed by atoms with Gasteiger partial charge in [0.2, 0.25) is 10.0 Å². The zero-order valence-electron chi connectivity index (χ0n) is 12.2. The molecule has 0 radical (unpaired) electrons. The summed E-state index contributed by atoms with van der Waals surface area (Å²) in [5.74, 6) is 0.00601. The fourth-order valence-corrected chi connectivity index (χ4v) is 3.13. The van der Waals surface area contributed by atoms with Crippen molar-refractivity contribution in [1.29, 1.82) is 0 Å². The van der Waals surface area contributed by atoms with Crippen molar-refractivity contribution >= 4 is 10.0 Å². The van der Waals surface area contributed by atoms with E-state index in [4.69, 9.17) is 0 Å². The van der Waals surface area contributed by atoms with Gasteiger partial charge in [0.15, 0.2) is 0 Å². The largest absolute Gasteiger partial charge is 0.243 e. The maximum absolute atomic E-state index is 13.4. The zero-order valence-corrected chi connectivity index (χ0v) is 13.0. The number of unbranched alkanes of at least 4 members (excludes halogenated alkanes) is 3. The number of benzene rings is 1. The third kappa shape index (κ3) is 6.01. The average molecular weight is 301 g/mol. The van der Waals surface area contributed by atoms with Crippen LogP contribution in [0.2, 0.25) is 0 Å². The van der Waals surface area contributed by atoms with Crippen LogP contribution in [0.3, 0.4) is 0 Å². The standard InChI is InChI=1S/C15H24FNO2S/c1-13(2)9-5-3-4-8-12-17-20(18,19)15-11-7-6-10-14(15)16/h6-7,10-11,13,17H,3-5,8-9,12H2,1-2H3. The molecule has 0 bridgehead atoms. The van der Waals surface area contributed by atoms with E-state index in [1.807, 2.05) is 0 Å². The fourth-order valence-electron chi connectivity index (χ4n) is 1.98. The highest BCUT2D eigenvalue weighted by Crippen LogP contribution is 2.13. The van der Waals surface area contributed by atoms with E-state index in [0.29, 0.717) is 6.54 Å². The van der Waals surface area contributed by atoms with Crippen molar-refractivity contribution in [2.75, 3.05) is 6.54 Å². The minimum Gasteiger partial charge on any atom is -0.211 e. The zero-order chi connectivity index (χ0) is 15.0. The van der Waals surface area contributed by atoms with Gasteiger partial charge in [-0.2, -0.15) is 0 Å². The molecule has 5 heteroatoms. The van der Waals surface area contributed by atoms with Crippen LogP contribution in [0.15, 0.2) is 29.2 Å². The van der Waals surface area contributed by atoms with Crippen molar-refractivity contribution in [3.05, 3.63) is 30.1 Å². The molecule has 1 rings (SSSR count). The first kappa shape index (κ1) is 17.1. The van der Waals surface area contributed by atoms with E-state index < -0.39 is 15.8 Å². The van der Waals surface area contributed by atoms with Gasteiger partial charge in [-0.3, -0.25) is 0 Å². The molecule has 1 aromatic rings. The molecule has 20 heavy (non-hydrogen) atoms. The number of hydrogen-bond donors (Lipinski definition) is 1. The van der Waals surface area contributed by atoms with Crippen molar-refractivity contribution < 1.29 is 12.8 Å². The van der Waals surface area contributed by atoms with E-state index in [2.05, 4.69) is 18.6 Å². The maximum atomic E-state index is 13.4. The number of halogens is 1. The molecule has 1 aromatic carbocycles. The van der Waals surface area contributed by atoms with Gasteiger partial charge in [0, 0.05) is 6.54 Å². The van der Waals surface area contributed by atoms with E-state index in [1.165, 1.54) is 31.0 Å². The summed E-state index contributed by atoms with van der Waals surface area (Å²) in [5, 5.41) is 0. The molecule has 114 valence electrons. The first-order valence-electron chi connectivity index (χ1n) is 7.17. The van der Waals surface area contributed by atoms with Crippen LogP contribution >= 0.6 is 0 Å². The first-order valence-corrected chi connectivity index (χ1v) is 8.66. The van der Waals surface area contributed by atoms with Crippen molar-refractivity contribution in [2.45, 2.75) is 50.8 Å². The summed E-state index contributed by atoms with van der Waals surface area (Å²) in [6, 6.07) is 5.42. The predicted molar refractivity (Wildman–Crippen MR) is 79.5 cm³/mol. The topological polar surface area (TPSA) is 46.2 Å². The highest BCUT2D eigenvalue weighted by molar-refractivity contribution is 7.89.